The van der Waals surface area contributed by atoms with Crippen molar-refractivity contribution in [2.24, 2.45) is 0 Å². The number of hydrogen-bond donors (Lipinski definition) is 4. The van der Waals surface area contributed by atoms with Crippen LogP contribution in [0.25, 0.3) is 10.9 Å². The Morgan fingerprint density at radius 2 is 1.77 bits per heavy atom. The van der Waals surface area contributed by atoms with Crippen LogP contribution in [-0.2, 0) is 17.9 Å². The van der Waals surface area contributed by atoms with Gasteiger partial charge >= 0.3 is 12.1 Å². The Kier molecular flexibility index (Phi) is 5.45. The molecule has 162 valence electrons. The summed E-state index contributed by atoms with van der Waals surface area (Å²) in [4.78, 5) is 24.9. The normalized spacial score (nSPS) is 15.2. The molecular weight excluding hydrogens is 411 g/mol. The van der Waals surface area contributed by atoms with Crippen molar-refractivity contribution in [1.82, 2.24) is 10.3 Å². The monoisotopic (exact) mass is 431 g/mol. The number of amides is 1. The van der Waals surface area contributed by atoms with Crippen LogP contribution in [0.3, 0.4) is 0 Å². The highest BCUT2D eigenvalue weighted by Gasteiger charge is 2.38. The number of aliphatic carboxylic acids is 1. The number of carboxylic acids is 1. The maximum Gasteiger partial charge on any atom is 0.490 e. The first kappa shape index (κ1) is 20.9. The number of alkyl halides is 3. The summed E-state index contributed by atoms with van der Waals surface area (Å²) in [6.07, 6.45) is -2.57. The van der Waals surface area contributed by atoms with Crippen LogP contribution < -0.4 is 10.6 Å². The summed E-state index contributed by atoms with van der Waals surface area (Å²) in [5.74, 6) is -2.16. The van der Waals surface area contributed by atoms with Crippen molar-refractivity contribution in [3.05, 3.63) is 64.8 Å². The summed E-state index contributed by atoms with van der Waals surface area (Å²) < 4.78 is 31.7. The maximum atomic E-state index is 12.7. The fourth-order valence-electron chi connectivity index (χ4n) is 3.69. The van der Waals surface area contributed by atoms with E-state index in [1.807, 2.05) is 24.3 Å². The molecule has 31 heavy (non-hydrogen) atoms. The van der Waals surface area contributed by atoms with Gasteiger partial charge in [0.25, 0.3) is 5.91 Å². The number of carbonyl (C=O) groups excluding carboxylic acids is 1. The Morgan fingerprint density at radius 1 is 1.06 bits per heavy atom. The van der Waals surface area contributed by atoms with E-state index in [0.29, 0.717) is 11.6 Å². The van der Waals surface area contributed by atoms with Crippen molar-refractivity contribution in [3.63, 3.8) is 0 Å². The number of fused-ring (bicyclic) bond motifs is 2. The number of hydrogen-bond acceptors (Lipinski definition) is 3. The minimum Gasteiger partial charge on any atom is -0.475 e. The van der Waals surface area contributed by atoms with Gasteiger partial charge in [0, 0.05) is 29.7 Å². The van der Waals surface area contributed by atoms with Crippen LogP contribution in [0.5, 0.6) is 0 Å². The first-order valence-electron chi connectivity index (χ1n) is 9.78. The third-order valence-electron chi connectivity index (χ3n) is 5.34. The van der Waals surface area contributed by atoms with Crippen molar-refractivity contribution in [2.75, 3.05) is 5.32 Å². The van der Waals surface area contributed by atoms with E-state index in [0.717, 1.165) is 24.3 Å². The molecule has 1 fully saturated rings. The Bertz CT molecular complexity index is 1150. The summed E-state index contributed by atoms with van der Waals surface area (Å²) in [6.45, 7) is 1.68. The van der Waals surface area contributed by atoms with Crippen LogP contribution in [0.1, 0.15) is 45.9 Å². The van der Waals surface area contributed by atoms with Crippen molar-refractivity contribution in [2.45, 2.75) is 38.0 Å². The maximum absolute atomic E-state index is 12.7. The van der Waals surface area contributed by atoms with E-state index in [2.05, 4.69) is 33.8 Å². The number of carboxylic acid groups (broad SMARTS) is 1. The van der Waals surface area contributed by atoms with Crippen LogP contribution in [0.4, 0.5) is 18.9 Å². The molecule has 2 aliphatic rings. The standard InChI is InChI=1S/C20H19N3O.C2HF3O2/c24-20(23-18-5-1-3-13-10-21-11-16(13)18)19-9-15-14(12-7-8-12)4-2-6-17(15)22-19;3-2(4,5)1(6)7/h1-6,9,12,21-22H,7-8,10-11H2,(H,23,24);(H,6,7). The molecule has 1 saturated carbocycles. The molecule has 6 nitrogen and oxygen atoms in total. The van der Waals surface area contributed by atoms with Crippen molar-refractivity contribution in [3.8, 4) is 0 Å². The van der Waals surface area contributed by atoms with E-state index in [1.165, 1.54) is 34.9 Å². The Hall–Kier alpha value is -3.33. The van der Waals surface area contributed by atoms with Gasteiger partial charge in [-0.3, -0.25) is 4.79 Å². The minimum atomic E-state index is -5.08. The highest BCUT2D eigenvalue weighted by molar-refractivity contribution is 6.06. The van der Waals surface area contributed by atoms with Gasteiger partial charge in [-0.1, -0.05) is 24.3 Å². The van der Waals surface area contributed by atoms with Gasteiger partial charge in [-0.25, -0.2) is 4.79 Å². The van der Waals surface area contributed by atoms with Gasteiger partial charge in [0.05, 0.1) is 0 Å². The summed E-state index contributed by atoms with van der Waals surface area (Å²) in [5, 5.41) is 14.7. The minimum absolute atomic E-state index is 0.0757. The van der Waals surface area contributed by atoms with Crippen molar-refractivity contribution in [1.29, 1.82) is 0 Å². The van der Waals surface area contributed by atoms with E-state index >= 15 is 0 Å². The van der Waals surface area contributed by atoms with E-state index in [-0.39, 0.29) is 5.91 Å². The number of aromatic amines is 1. The SMILES string of the molecule is O=C(Nc1cccc2c1CNC2)c1cc2c(C3CC3)cccc2[nH]1.O=C(O)C(F)(F)F. The van der Waals surface area contributed by atoms with Gasteiger partial charge in [0.2, 0.25) is 0 Å². The van der Waals surface area contributed by atoms with Gasteiger partial charge in [-0.2, -0.15) is 13.2 Å². The zero-order chi connectivity index (χ0) is 22.2. The molecule has 1 aliphatic heterocycles. The summed E-state index contributed by atoms with van der Waals surface area (Å²) in [5.41, 5.74) is 6.41. The molecule has 0 atom stereocenters. The largest absolute Gasteiger partial charge is 0.490 e. The molecule has 1 aliphatic carbocycles. The van der Waals surface area contributed by atoms with Gasteiger partial charge in [0.15, 0.2) is 0 Å². The van der Waals surface area contributed by atoms with E-state index in [9.17, 15) is 18.0 Å². The molecule has 4 N–H and O–H groups in total. The van der Waals surface area contributed by atoms with Crippen LogP contribution >= 0.6 is 0 Å². The second-order valence-corrected chi connectivity index (χ2v) is 7.57. The average molecular weight is 431 g/mol. The van der Waals surface area contributed by atoms with Crippen molar-refractivity contribution < 1.29 is 27.9 Å². The average Bonchev–Trinajstić information content (AvgIpc) is 3.27. The number of H-pyrrole nitrogens is 1. The number of rotatable bonds is 3. The predicted molar refractivity (Wildman–Crippen MR) is 109 cm³/mol. The molecule has 0 saturated heterocycles. The fraction of sp³-hybridized carbons (Fsp3) is 0.273. The quantitative estimate of drug-likeness (QED) is 0.490. The lowest BCUT2D eigenvalue weighted by molar-refractivity contribution is -0.192. The number of anilines is 1. The molecular formula is C22H20F3N3O3. The van der Waals surface area contributed by atoms with Crippen LogP contribution in [0.15, 0.2) is 42.5 Å². The van der Waals surface area contributed by atoms with E-state index in [4.69, 9.17) is 9.90 Å². The van der Waals surface area contributed by atoms with Gasteiger partial charge in [-0.05, 0) is 53.6 Å². The van der Waals surface area contributed by atoms with Crippen LogP contribution in [-0.4, -0.2) is 28.1 Å². The van der Waals surface area contributed by atoms with E-state index < -0.39 is 12.1 Å². The smallest absolute Gasteiger partial charge is 0.475 e. The summed E-state index contributed by atoms with van der Waals surface area (Å²) >= 11 is 0. The second-order valence-electron chi connectivity index (χ2n) is 7.57. The fourth-order valence-corrected chi connectivity index (χ4v) is 3.69. The molecule has 1 amide bonds. The lowest BCUT2D eigenvalue weighted by Crippen LogP contribution is -2.21. The molecule has 0 spiro atoms. The zero-order valence-electron chi connectivity index (χ0n) is 16.3. The van der Waals surface area contributed by atoms with Gasteiger partial charge < -0.3 is 20.7 Å². The molecule has 5 rings (SSSR count). The van der Waals surface area contributed by atoms with Gasteiger partial charge in [0.1, 0.15) is 5.69 Å². The topological polar surface area (TPSA) is 94.2 Å². The number of aromatic nitrogens is 1. The zero-order valence-corrected chi connectivity index (χ0v) is 16.3. The lowest BCUT2D eigenvalue weighted by atomic mass is 10.1. The summed E-state index contributed by atoms with van der Waals surface area (Å²) in [6, 6.07) is 14.4. The third kappa shape index (κ3) is 4.56. The summed E-state index contributed by atoms with van der Waals surface area (Å²) in [7, 11) is 0. The number of carbonyl (C=O) groups is 2. The second kappa shape index (κ2) is 8.07. The van der Waals surface area contributed by atoms with Crippen LogP contribution in [0.2, 0.25) is 0 Å². The molecule has 2 heterocycles. The molecule has 1 aromatic heterocycles. The molecule has 9 heteroatoms. The van der Waals surface area contributed by atoms with Crippen LogP contribution in [0, 0.1) is 0 Å². The first-order chi connectivity index (χ1) is 14.7. The predicted octanol–water partition coefficient (Wildman–Crippen LogP) is 4.53. The molecule has 0 bridgehead atoms. The number of benzene rings is 2. The molecule has 3 aromatic rings. The number of nitrogens with one attached hydrogen (secondary N) is 3. The molecule has 2 aromatic carbocycles. The lowest BCUT2D eigenvalue weighted by Gasteiger charge is -2.08. The van der Waals surface area contributed by atoms with Gasteiger partial charge in [-0.15, -0.1) is 0 Å². The highest BCUT2D eigenvalue weighted by atomic mass is 19.4. The van der Waals surface area contributed by atoms with Crippen molar-refractivity contribution >= 4 is 28.5 Å². The first-order valence-corrected chi connectivity index (χ1v) is 9.78. The molecule has 0 unspecified atom stereocenters. The highest BCUT2D eigenvalue weighted by Crippen LogP contribution is 2.43. The Balaban J connectivity index is 0.000000289. The third-order valence-corrected chi connectivity index (χ3v) is 5.34. The number of halogens is 3. The molecule has 0 radical (unpaired) electrons. The Labute approximate surface area is 175 Å². The Morgan fingerprint density at radius 3 is 2.45 bits per heavy atom. The van der Waals surface area contributed by atoms with E-state index in [1.54, 1.807) is 0 Å².